The highest BCUT2D eigenvalue weighted by atomic mass is 32.2. The monoisotopic (exact) mass is 283 g/mol. The lowest BCUT2D eigenvalue weighted by Gasteiger charge is -2.12. The van der Waals surface area contributed by atoms with Crippen LogP contribution in [0.2, 0.25) is 0 Å². The fourth-order valence-corrected chi connectivity index (χ4v) is 2.80. The van der Waals surface area contributed by atoms with Crippen molar-refractivity contribution in [2.45, 2.75) is 18.0 Å². The Labute approximate surface area is 114 Å². The summed E-state index contributed by atoms with van der Waals surface area (Å²) in [6.07, 6.45) is 0. The summed E-state index contributed by atoms with van der Waals surface area (Å²) in [5, 5.41) is 5.19. The number of nitrogens with zero attached hydrogens (tertiary/aromatic N) is 2. The van der Waals surface area contributed by atoms with Crippen LogP contribution in [0.1, 0.15) is 17.3 Å². The summed E-state index contributed by atoms with van der Waals surface area (Å²) in [6, 6.07) is 4.93. The molecule has 0 saturated carbocycles. The van der Waals surface area contributed by atoms with Gasteiger partial charge in [0.05, 0.1) is 10.7 Å². The average Bonchev–Trinajstić information content (AvgIpc) is 2.65. The van der Waals surface area contributed by atoms with Gasteiger partial charge in [0.25, 0.3) is 0 Å². The van der Waals surface area contributed by atoms with Crippen LogP contribution in [-0.2, 0) is 7.05 Å². The molecule has 0 aliphatic rings. The van der Waals surface area contributed by atoms with Crippen LogP contribution in [0.25, 0.3) is 0 Å². The summed E-state index contributed by atoms with van der Waals surface area (Å²) in [7, 11) is 1.85. The Morgan fingerprint density at radius 1 is 1.37 bits per heavy atom. The number of aromatic nitrogens is 2. The topological polar surface area (TPSA) is 43.8 Å². The van der Waals surface area contributed by atoms with Gasteiger partial charge in [0, 0.05) is 30.5 Å². The maximum atomic E-state index is 13.6. The molecule has 2 rings (SSSR count). The molecule has 0 aliphatic heterocycles. The molecule has 0 amide bonds. The van der Waals surface area contributed by atoms with Gasteiger partial charge in [0.1, 0.15) is 11.6 Å². The van der Waals surface area contributed by atoms with E-state index < -0.39 is 17.7 Å². The lowest BCUT2D eigenvalue weighted by molar-refractivity contribution is 0.563. The van der Waals surface area contributed by atoms with Gasteiger partial charge in [-0.2, -0.15) is 5.10 Å². The van der Waals surface area contributed by atoms with Gasteiger partial charge >= 0.3 is 0 Å². The van der Waals surface area contributed by atoms with Crippen molar-refractivity contribution in [2.24, 2.45) is 12.8 Å². The van der Waals surface area contributed by atoms with Gasteiger partial charge < -0.3 is 5.73 Å². The van der Waals surface area contributed by atoms with Crippen molar-refractivity contribution in [3.05, 3.63) is 47.2 Å². The Morgan fingerprint density at radius 3 is 2.68 bits per heavy atom. The van der Waals surface area contributed by atoms with Crippen molar-refractivity contribution >= 4 is 11.8 Å². The zero-order valence-electron chi connectivity index (χ0n) is 10.7. The van der Waals surface area contributed by atoms with Gasteiger partial charge in [-0.05, 0) is 19.1 Å². The van der Waals surface area contributed by atoms with E-state index >= 15 is 0 Å². The third-order valence-corrected chi connectivity index (χ3v) is 3.94. The molecule has 1 unspecified atom stereocenters. The number of aryl methyl sites for hydroxylation is 2. The molecule has 102 valence electrons. The molecule has 6 heteroatoms. The van der Waals surface area contributed by atoms with Crippen LogP contribution < -0.4 is 5.73 Å². The highest BCUT2D eigenvalue weighted by molar-refractivity contribution is 7.99. The zero-order chi connectivity index (χ0) is 14.0. The van der Waals surface area contributed by atoms with E-state index in [0.717, 1.165) is 16.8 Å². The van der Waals surface area contributed by atoms with E-state index in [1.165, 1.54) is 23.9 Å². The first-order chi connectivity index (χ1) is 8.97. The van der Waals surface area contributed by atoms with Crippen LogP contribution in [0.5, 0.6) is 0 Å². The number of nitrogens with two attached hydrogens (primary N) is 1. The largest absolute Gasteiger partial charge is 0.323 e. The van der Waals surface area contributed by atoms with Crippen molar-refractivity contribution in [3.8, 4) is 0 Å². The number of rotatable bonds is 4. The lowest BCUT2D eigenvalue weighted by Crippen LogP contribution is -2.15. The molecular weight excluding hydrogens is 268 g/mol. The molecule has 0 bridgehead atoms. The quantitative estimate of drug-likeness (QED) is 0.878. The summed E-state index contributed by atoms with van der Waals surface area (Å²) in [6.45, 7) is 1.91. The van der Waals surface area contributed by atoms with Gasteiger partial charge in [0.15, 0.2) is 0 Å². The number of thioether (sulfide) groups is 1. The van der Waals surface area contributed by atoms with Crippen LogP contribution in [0.15, 0.2) is 29.3 Å². The first kappa shape index (κ1) is 14.0. The predicted octanol–water partition coefficient (Wildman–Crippen LogP) is 2.80. The lowest BCUT2D eigenvalue weighted by atomic mass is 10.1. The molecule has 1 aromatic carbocycles. The zero-order valence-corrected chi connectivity index (χ0v) is 11.5. The third-order valence-electron chi connectivity index (χ3n) is 2.73. The van der Waals surface area contributed by atoms with Crippen molar-refractivity contribution in [1.29, 1.82) is 0 Å². The summed E-state index contributed by atoms with van der Waals surface area (Å²) in [5.74, 6) is -0.695. The fraction of sp³-hybridized carbons (Fsp3) is 0.308. The van der Waals surface area contributed by atoms with E-state index in [2.05, 4.69) is 5.10 Å². The number of hydrogen-bond acceptors (Lipinski definition) is 3. The highest BCUT2D eigenvalue weighted by Gasteiger charge is 2.13. The van der Waals surface area contributed by atoms with E-state index in [-0.39, 0.29) is 0 Å². The molecule has 3 nitrogen and oxygen atoms in total. The molecule has 2 aromatic rings. The summed E-state index contributed by atoms with van der Waals surface area (Å²) < 4.78 is 28.1. The fourth-order valence-electron chi connectivity index (χ4n) is 1.79. The van der Waals surface area contributed by atoms with Gasteiger partial charge in [-0.25, -0.2) is 8.78 Å². The second-order valence-corrected chi connectivity index (χ2v) is 5.37. The summed E-state index contributed by atoms with van der Waals surface area (Å²) in [5.41, 5.74) is 7.19. The summed E-state index contributed by atoms with van der Waals surface area (Å²) in [4.78, 5) is 0. The molecule has 0 fully saturated rings. The average molecular weight is 283 g/mol. The molecule has 19 heavy (non-hydrogen) atoms. The van der Waals surface area contributed by atoms with Gasteiger partial charge in [-0.15, -0.1) is 11.8 Å². The second-order valence-electron chi connectivity index (χ2n) is 4.33. The summed E-state index contributed by atoms with van der Waals surface area (Å²) >= 11 is 1.50. The minimum Gasteiger partial charge on any atom is -0.323 e. The van der Waals surface area contributed by atoms with Crippen LogP contribution >= 0.6 is 11.8 Å². The normalized spacial score (nSPS) is 12.7. The molecule has 2 N–H and O–H groups in total. The minimum atomic E-state index is -0.603. The van der Waals surface area contributed by atoms with Crippen molar-refractivity contribution < 1.29 is 8.78 Å². The van der Waals surface area contributed by atoms with E-state index in [4.69, 9.17) is 5.73 Å². The van der Waals surface area contributed by atoms with Crippen LogP contribution in [-0.4, -0.2) is 15.5 Å². The van der Waals surface area contributed by atoms with Gasteiger partial charge in [0.2, 0.25) is 0 Å². The van der Waals surface area contributed by atoms with E-state index in [0.29, 0.717) is 11.3 Å². The second kappa shape index (κ2) is 5.71. The molecule has 1 atom stereocenters. The maximum Gasteiger partial charge on any atom is 0.130 e. The Morgan fingerprint density at radius 2 is 2.11 bits per heavy atom. The van der Waals surface area contributed by atoms with Crippen LogP contribution in [0.3, 0.4) is 0 Å². The van der Waals surface area contributed by atoms with Crippen molar-refractivity contribution in [3.63, 3.8) is 0 Å². The first-order valence-electron chi connectivity index (χ1n) is 5.81. The van der Waals surface area contributed by atoms with E-state index in [9.17, 15) is 8.78 Å². The Hall–Kier alpha value is -1.40. The predicted molar refractivity (Wildman–Crippen MR) is 72.0 cm³/mol. The molecule has 0 aliphatic carbocycles. The SMILES string of the molecule is Cc1cc(SCC(N)c2ccc(F)cc2F)n(C)n1. The standard InChI is InChI=1S/C13H15F2N3S/c1-8-5-13(18(2)17-8)19-7-12(16)10-4-3-9(14)6-11(10)15/h3-6,12H,7,16H2,1-2H3. The molecule has 0 radical (unpaired) electrons. The Kier molecular flexibility index (Phi) is 4.21. The van der Waals surface area contributed by atoms with Crippen LogP contribution in [0.4, 0.5) is 8.78 Å². The van der Waals surface area contributed by atoms with Crippen LogP contribution in [0, 0.1) is 18.6 Å². The number of hydrogen-bond donors (Lipinski definition) is 1. The minimum absolute atomic E-state index is 0.327. The molecule has 0 spiro atoms. The van der Waals surface area contributed by atoms with Crippen molar-refractivity contribution in [1.82, 2.24) is 9.78 Å². The van der Waals surface area contributed by atoms with Crippen molar-refractivity contribution in [2.75, 3.05) is 5.75 Å². The highest BCUT2D eigenvalue weighted by Crippen LogP contribution is 2.25. The Balaban J connectivity index is 2.05. The number of halogens is 2. The first-order valence-corrected chi connectivity index (χ1v) is 6.80. The van der Waals surface area contributed by atoms with Gasteiger partial charge in [-0.1, -0.05) is 6.07 Å². The van der Waals surface area contributed by atoms with E-state index in [1.807, 2.05) is 20.0 Å². The molecule has 1 heterocycles. The molecular formula is C13H15F2N3S. The number of benzene rings is 1. The smallest absolute Gasteiger partial charge is 0.130 e. The van der Waals surface area contributed by atoms with Gasteiger partial charge in [-0.3, -0.25) is 4.68 Å². The molecule has 1 aromatic heterocycles. The Bertz CT molecular complexity index is 583. The molecule has 0 saturated heterocycles. The third kappa shape index (κ3) is 3.33. The maximum absolute atomic E-state index is 13.6. The van der Waals surface area contributed by atoms with E-state index in [1.54, 1.807) is 4.68 Å².